The lowest BCUT2D eigenvalue weighted by Crippen LogP contribution is -2.35. The van der Waals surface area contributed by atoms with Gasteiger partial charge in [0.05, 0.1) is 24.4 Å². The quantitative estimate of drug-likeness (QED) is 0.786. The third kappa shape index (κ3) is 4.11. The highest BCUT2D eigenvalue weighted by Gasteiger charge is 2.23. The van der Waals surface area contributed by atoms with Crippen molar-refractivity contribution < 1.29 is 9.53 Å². The third-order valence-electron chi connectivity index (χ3n) is 2.18. The zero-order valence-corrected chi connectivity index (χ0v) is 11.1. The van der Waals surface area contributed by atoms with E-state index in [1.807, 2.05) is 0 Å². The highest BCUT2D eigenvalue weighted by Crippen LogP contribution is 2.19. The average molecular weight is 260 g/mol. The van der Waals surface area contributed by atoms with Crippen molar-refractivity contribution in [2.75, 3.05) is 13.7 Å². The van der Waals surface area contributed by atoms with E-state index < -0.39 is 5.54 Å². The molecule has 0 atom stereocenters. The van der Waals surface area contributed by atoms with E-state index in [2.05, 4.69) is 5.10 Å². The van der Waals surface area contributed by atoms with Gasteiger partial charge in [-0.2, -0.15) is 5.10 Å². The number of methoxy groups -OCH3 is 1. The van der Waals surface area contributed by atoms with Crippen LogP contribution in [0.1, 0.15) is 30.8 Å². The molecule has 0 fully saturated rings. The van der Waals surface area contributed by atoms with Crippen LogP contribution in [0.4, 0.5) is 0 Å². The molecular weight excluding hydrogens is 242 g/mol. The van der Waals surface area contributed by atoms with Gasteiger partial charge in [-0.25, -0.2) is 0 Å². The van der Waals surface area contributed by atoms with Crippen molar-refractivity contribution >= 4 is 17.4 Å². The second-order valence-electron chi connectivity index (χ2n) is 4.65. The van der Waals surface area contributed by atoms with E-state index in [0.717, 1.165) is 0 Å². The standard InChI is InChI=1S/C11H18ClN3O2/c1-11(2,13)6-9(16)10-8(12)7-14-15(10)4-5-17-3/h7H,4-6,13H2,1-3H3. The van der Waals surface area contributed by atoms with Crippen molar-refractivity contribution in [3.8, 4) is 0 Å². The molecule has 0 aliphatic carbocycles. The summed E-state index contributed by atoms with van der Waals surface area (Å²) in [4.78, 5) is 12.1. The van der Waals surface area contributed by atoms with Gasteiger partial charge in [0.25, 0.3) is 0 Å². The monoisotopic (exact) mass is 259 g/mol. The molecule has 0 saturated heterocycles. The van der Waals surface area contributed by atoms with Gasteiger partial charge in [0, 0.05) is 19.1 Å². The van der Waals surface area contributed by atoms with Crippen molar-refractivity contribution in [2.45, 2.75) is 32.4 Å². The van der Waals surface area contributed by atoms with Crippen LogP contribution in [-0.4, -0.2) is 34.8 Å². The Labute approximate surface area is 106 Å². The molecule has 0 saturated carbocycles. The lowest BCUT2D eigenvalue weighted by molar-refractivity contribution is 0.0946. The maximum atomic E-state index is 12.1. The number of nitrogens with two attached hydrogens (primary N) is 1. The number of ketones is 1. The van der Waals surface area contributed by atoms with E-state index in [0.29, 0.717) is 23.9 Å². The van der Waals surface area contributed by atoms with Gasteiger partial charge in [-0.15, -0.1) is 0 Å². The molecule has 1 aromatic heterocycles. The molecule has 96 valence electrons. The van der Waals surface area contributed by atoms with E-state index >= 15 is 0 Å². The molecule has 1 heterocycles. The molecule has 0 aliphatic rings. The topological polar surface area (TPSA) is 70.1 Å². The van der Waals surface area contributed by atoms with Gasteiger partial charge in [-0.3, -0.25) is 9.48 Å². The van der Waals surface area contributed by atoms with Crippen molar-refractivity contribution in [1.82, 2.24) is 9.78 Å². The van der Waals surface area contributed by atoms with Gasteiger partial charge in [-0.1, -0.05) is 11.6 Å². The Morgan fingerprint density at radius 2 is 2.29 bits per heavy atom. The molecule has 6 heteroatoms. The molecule has 5 nitrogen and oxygen atoms in total. The molecule has 0 unspecified atom stereocenters. The second-order valence-corrected chi connectivity index (χ2v) is 5.05. The number of ether oxygens (including phenoxy) is 1. The Morgan fingerprint density at radius 3 is 2.82 bits per heavy atom. The fourth-order valence-corrected chi connectivity index (χ4v) is 1.73. The Hall–Kier alpha value is -0.910. The Kier molecular flexibility index (Phi) is 4.68. The van der Waals surface area contributed by atoms with Crippen LogP contribution >= 0.6 is 11.6 Å². The van der Waals surface area contributed by atoms with Crippen LogP contribution in [-0.2, 0) is 11.3 Å². The highest BCUT2D eigenvalue weighted by atomic mass is 35.5. The zero-order valence-electron chi connectivity index (χ0n) is 10.4. The second kappa shape index (κ2) is 5.62. The van der Waals surface area contributed by atoms with Crippen LogP contribution in [0.2, 0.25) is 5.02 Å². The number of aromatic nitrogens is 2. The van der Waals surface area contributed by atoms with E-state index in [1.165, 1.54) is 6.20 Å². The average Bonchev–Trinajstić information content (AvgIpc) is 2.54. The number of carbonyl (C=O) groups is 1. The normalized spacial score (nSPS) is 11.8. The molecule has 0 aromatic carbocycles. The van der Waals surface area contributed by atoms with Gasteiger partial charge in [0.2, 0.25) is 0 Å². The lowest BCUT2D eigenvalue weighted by atomic mass is 9.98. The van der Waals surface area contributed by atoms with Crippen LogP contribution in [0.5, 0.6) is 0 Å². The molecule has 0 bridgehead atoms. The summed E-state index contributed by atoms with van der Waals surface area (Å²) >= 11 is 5.96. The number of hydrogen-bond acceptors (Lipinski definition) is 4. The summed E-state index contributed by atoms with van der Waals surface area (Å²) in [5, 5.41) is 4.40. The van der Waals surface area contributed by atoms with E-state index in [1.54, 1.807) is 25.6 Å². The summed E-state index contributed by atoms with van der Waals surface area (Å²) in [6.07, 6.45) is 1.69. The van der Waals surface area contributed by atoms with Gasteiger partial charge in [0.15, 0.2) is 5.78 Å². The number of carbonyl (C=O) groups excluding carboxylic acids is 1. The summed E-state index contributed by atoms with van der Waals surface area (Å²) in [7, 11) is 1.59. The first-order valence-corrected chi connectivity index (χ1v) is 5.75. The van der Waals surface area contributed by atoms with Crippen LogP contribution < -0.4 is 5.73 Å². The number of halogens is 1. The molecule has 0 radical (unpaired) electrons. The van der Waals surface area contributed by atoms with Gasteiger partial charge >= 0.3 is 0 Å². The zero-order chi connectivity index (χ0) is 13.1. The summed E-state index contributed by atoms with van der Waals surface area (Å²) in [5.41, 5.74) is 5.67. The van der Waals surface area contributed by atoms with Gasteiger partial charge in [-0.05, 0) is 13.8 Å². The fraction of sp³-hybridized carbons (Fsp3) is 0.636. The minimum Gasteiger partial charge on any atom is -0.383 e. The molecule has 1 aromatic rings. The third-order valence-corrected chi connectivity index (χ3v) is 2.46. The first kappa shape index (κ1) is 14.2. The predicted molar refractivity (Wildman–Crippen MR) is 66.3 cm³/mol. The number of Topliss-reactive ketones (excluding diaryl/α,β-unsaturated/α-hetero) is 1. The van der Waals surface area contributed by atoms with Crippen molar-refractivity contribution in [2.24, 2.45) is 5.73 Å². The summed E-state index contributed by atoms with van der Waals surface area (Å²) in [6, 6.07) is 0. The number of nitrogens with zero attached hydrogens (tertiary/aromatic N) is 2. The Morgan fingerprint density at radius 1 is 1.65 bits per heavy atom. The first-order chi connectivity index (χ1) is 7.85. The first-order valence-electron chi connectivity index (χ1n) is 5.37. The lowest BCUT2D eigenvalue weighted by Gasteiger charge is -2.17. The minimum atomic E-state index is -0.559. The maximum absolute atomic E-state index is 12.1. The molecule has 2 N–H and O–H groups in total. The number of hydrogen-bond donors (Lipinski definition) is 1. The van der Waals surface area contributed by atoms with E-state index in [9.17, 15) is 4.79 Å². The molecule has 0 aliphatic heterocycles. The molecule has 17 heavy (non-hydrogen) atoms. The Bertz CT molecular complexity index is 396. The predicted octanol–water partition coefficient (Wildman–Crippen LogP) is 1.49. The van der Waals surface area contributed by atoms with Crippen LogP contribution in [0.15, 0.2) is 6.20 Å². The van der Waals surface area contributed by atoms with Gasteiger partial charge < -0.3 is 10.5 Å². The molecule has 0 amide bonds. The highest BCUT2D eigenvalue weighted by molar-refractivity contribution is 6.33. The van der Waals surface area contributed by atoms with Crippen LogP contribution in [0.25, 0.3) is 0 Å². The minimum absolute atomic E-state index is 0.101. The summed E-state index contributed by atoms with van der Waals surface area (Å²) in [5.74, 6) is -0.101. The van der Waals surface area contributed by atoms with Gasteiger partial charge in [0.1, 0.15) is 5.69 Å². The Balaban J connectivity index is 2.88. The van der Waals surface area contributed by atoms with Crippen molar-refractivity contribution in [1.29, 1.82) is 0 Å². The van der Waals surface area contributed by atoms with E-state index in [-0.39, 0.29) is 12.2 Å². The smallest absolute Gasteiger partial charge is 0.184 e. The maximum Gasteiger partial charge on any atom is 0.184 e. The van der Waals surface area contributed by atoms with Crippen molar-refractivity contribution in [3.05, 3.63) is 16.9 Å². The fourth-order valence-electron chi connectivity index (χ4n) is 1.48. The summed E-state index contributed by atoms with van der Waals surface area (Å²) in [6.45, 7) is 4.57. The van der Waals surface area contributed by atoms with Crippen molar-refractivity contribution in [3.63, 3.8) is 0 Å². The molecular formula is C11H18ClN3O2. The SMILES string of the molecule is COCCn1ncc(Cl)c1C(=O)CC(C)(C)N. The van der Waals surface area contributed by atoms with Crippen LogP contribution in [0, 0.1) is 0 Å². The number of rotatable bonds is 6. The molecule has 1 rings (SSSR count). The van der Waals surface area contributed by atoms with E-state index in [4.69, 9.17) is 22.1 Å². The summed E-state index contributed by atoms with van der Waals surface area (Å²) < 4.78 is 6.51. The molecule has 0 spiro atoms. The largest absolute Gasteiger partial charge is 0.383 e. The van der Waals surface area contributed by atoms with Crippen LogP contribution in [0.3, 0.4) is 0 Å².